The average Bonchev–Trinajstić information content (AvgIpc) is 3.20. The summed E-state index contributed by atoms with van der Waals surface area (Å²) < 4.78 is 28.7. The second-order valence-corrected chi connectivity index (χ2v) is 7.18. The van der Waals surface area contributed by atoms with Gasteiger partial charge in [-0.2, -0.15) is 0 Å². The van der Waals surface area contributed by atoms with Gasteiger partial charge in [-0.15, -0.1) is 5.10 Å². The summed E-state index contributed by atoms with van der Waals surface area (Å²) in [7, 11) is 1.63. The number of methoxy groups -OCH3 is 1. The number of hydrogen-bond acceptors (Lipinski definition) is 9. The number of aromatic nitrogens is 3. The standard InChI is InChI=1S/C22H27N3O7/c1-15(26)30-14-21-20(31-16(2)27)7-8-22(32-21)29-10-9-18-13-25(24-23-18)12-17-5-4-6-19(11-17)28-3/h4-8,11,13,20-22H,9-10,12,14H2,1-3H3/t20-,21+,22?/m0/s1. The van der Waals surface area contributed by atoms with Crippen LogP contribution in [0.4, 0.5) is 0 Å². The van der Waals surface area contributed by atoms with Crippen molar-refractivity contribution in [3.63, 3.8) is 0 Å². The van der Waals surface area contributed by atoms with Gasteiger partial charge in [0.15, 0.2) is 6.29 Å². The number of carbonyl (C=O) groups excluding carboxylic acids is 2. The second-order valence-electron chi connectivity index (χ2n) is 7.18. The zero-order valence-corrected chi connectivity index (χ0v) is 18.3. The first-order valence-electron chi connectivity index (χ1n) is 10.2. The Morgan fingerprint density at radius 3 is 2.78 bits per heavy atom. The van der Waals surface area contributed by atoms with Gasteiger partial charge in [0.05, 0.1) is 26.0 Å². The van der Waals surface area contributed by atoms with Crippen LogP contribution in [0.1, 0.15) is 25.1 Å². The summed E-state index contributed by atoms with van der Waals surface area (Å²) in [6, 6.07) is 7.76. The van der Waals surface area contributed by atoms with E-state index >= 15 is 0 Å². The molecule has 0 N–H and O–H groups in total. The number of rotatable bonds is 10. The van der Waals surface area contributed by atoms with Gasteiger partial charge in [-0.3, -0.25) is 9.59 Å². The highest BCUT2D eigenvalue weighted by molar-refractivity contribution is 5.66. The molecule has 3 atom stereocenters. The van der Waals surface area contributed by atoms with Crippen molar-refractivity contribution in [1.82, 2.24) is 15.0 Å². The zero-order valence-electron chi connectivity index (χ0n) is 18.3. The molecule has 10 nitrogen and oxygen atoms in total. The van der Waals surface area contributed by atoms with Gasteiger partial charge < -0.3 is 23.7 Å². The fourth-order valence-electron chi connectivity index (χ4n) is 3.12. The van der Waals surface area contributed by atoms with E-state index < -0.39 is 30.4 Å². The molecule has 10 heteroatoms. The van der Waals surface area contributed by atoms with E-state index in [1.807, 2.05) is 30.5 Å². The van der Waals surface area contributed by atoms with Crippen LogP contribution in [-0.2, 0) is 41.5 Å². The van der Waals surface area contributed by atoms with Crippen LogP contribution >= 0.6 is 0 Å². The molecule has 1 unspecified atom stereocenters. The fourth-order valence-corrected chi connectivity index (χ4v) is 3.12. The molecule has 1 aliphatic heterocycles. The minimum absolute atomic E-state index is 0.0456. The van der Waals surface area contributed by atoms with Crippen LogP contribution < -0.4 is 4.74 Å². The summed E-state index contributed by atoms with van der Waals surface area (Å²) in [6.45, 7) is 3.48. The normalized spacial score (nSPS) is 20.0. The quantitative estimate of drug-likeness (QED) is 0.398. The van der Waals surface area contributed by atoms with Crippen molar-refractivity contribution in [2.75, 3.05) is 20.3 Å². The van der Waals surface area contributed by atoms with Gasteiger partial charge in [0.2, 0.25) is 0 Å². The van der Waals surface area contributed by atoms with Gasteiger partial charge in [0.25, 0.3) is 0 Å². The number of carbonyl (C=O) groups is 2. The topological polar surface area (TPSA) is 111 Å². The molecule has 0 radical (unpaired) electrons. The van der Waals surface area contributed by atoms with Crippen LogP contribution in [0.5, 0.6) is 5.75 Å². The molecule has 0 saturated carbocycles. The molecule has 32 heavy (non-hydrogen) atoms. The molecule has 1 aliphatic rings. The minimum atomic E-state index is -0.658. The Bertz CT molecular complexity index is 943. The van der Waals surface area contributed by atoms with E-state index in [2.05, 4.69) is 10.3 Å². The fraction of sp³-hybridized carbons (Fsp3) is 0.455. The molecular formula is C22H27N3O7. The molecule has 0 amide bonds. The predicted octanol–water partition coefficient (Wildman–Crippen LogP) is 1.67. The SMILES string of the molecule is COc1cccc(Cn2cc(CCOC3C=C[C@H](OC(C)=O)[C@@H](COC(C)=O)O3)nn2)c1. The number of nitrogens with zero attached hydrogens (tertiary/aromatic N) is 3. The molecule has 0 aliphatic carbocycles. The smallest absolute Gasteiger partial charge is 0.303 e. The van der Waals surface area contributed by atoms with E-state index in [4.69, 9.17) is 23.7 Å². The van der Waals surface area contributed by atoms with E-state index in [9.17, 15) is 9.59 Å². The van der Waals surface area contributed by atoms with E-state index in [1.165, 1.54) is 13.8 Å². The van der Waals surface area contributed by atoms with Crippen LogP contribution in [0.25, 0.3) is 0 Å². The Kier molecular flexibility index (Phi) is 8.34. The highest BCUT2D eigenvalue weighted by Crippen LogP contribution is 2.18. The molecule has 2 aromatic rings. The first-order valence-corrected chi connectivity index (χ1v) is 10.2. The molecule has 1 aromatic heterocycles. The third-order valence-electron chi connectivity index (χ3n) is 4.59. The lowest BCUT2D eigenvalue weighted by Crippen LogP contribution is -2.42. The molecule has 1 aromatic carbocycles. The summed E-state index contributed by atoms with van der Waals surface area (Å²) in [5.41, 5.74) is 1.83. The molecule has 0 bridgehead atoms. The largest absolute Gasteiger partial charge is 0.497 e. The molecule has 172 valence electrons. The maximum Gasteiger partial charge on any atom is 0.303 e. The van der Waals surface area contributed by atoms with E-state index in [1.54, 1.807) is 23.9 Å². The highest BCUT2D eigenvalue weighted by atomic mass is 16.7. The Hall–Kier alpha value is -3.24. The van der Waals surface area contributed by atoms with Crippen molar-refractivity contribution in [3.05, 3.63) is 53.9 Å². The van der Waals surface area contributed by atoms with Gasteiger partial charge in [-0.1, -0.05) is 17.3 Å². The lowest BCUT2D eigenvalue weighted by Gasteiger charge is -2.31. The molecule has 0 fully saturated rings. The van der Waals surface area contributed by atoms with Crippen molar-refractivity contribution in [2.45, 2.75) is 45.3 Å². The second kappa shape index (κ2) is 11.4. The third-order valence-corrected chi connectivity index (χ3v) is 4.59. The maximum atomic E-state index is 11.3. The van der Waals surface area contributed by atoms with Crippen LogP contribution in [0.15, 0.2) is 42.6 Å². The molecule has 2 heterocycles. The van der Waals surface area contributed by atoms with Crippen LogP contribution in [-0.4, -0.2) is 65.8 Å². The van der Waals surface area contributed by atoms with Crippen LogP contribution in [0.2, 0.25) is 0 Å². The van der Waals surface area contributed by atoms with Gasteiger partial charge in [-0.25, -0.2) is 4.68 Å². The summed E-state index contributed by atoms with van der Waals surface area (Å²) in [5, 5.41) is 8.32. The third kappa shape index (κ3) is 7.17. The van der Waals surface area contributed by atoms with Crippen molar-refractivity contribution in [1.29, 1.82) is 0 Å². The van der Waals surface area contributed by atoms with E-state index in [-0.39, 0.29) is 6.61 Å². The lowest BCUT2D eigenvalue weighted by atomic mass is 10.1. The number of hydrogen-bond donors (Lipinski definition) is 0. The zero-order chi connectivity index (χ0) is 22.9. The maximum absolute atomic E-state index is 11.3. The van der Waals surface area contributed by atoms with Gasteiger partial charge in [0, 0.05) is 26.5 Å². The summed E-state index contributed by atoms with van der Waals surface area (Å²) >= 11 is 0. The lowest BCUT2D eigenvalue weighted by molar-refractivity contribution is -0.196. The predicted molar refractivity (Wildman–Crippen MR) is 112 cm³/mol. The monoisotopic (exact) mass is 445 g/mol. The first-order chi connectivity index (χ1) is 15.4. The van der Waals surface area contributed by atoms with Crippen LogP contribution in [0, 0.1) is 0 Å². The van der Waals surface area contributed by atoms with E-state index in [0.29, 0.717) is 19.6 Å². The molecule has 0 saturated heterocycles. The summed E-state index contributed by atoms with van der Waals surface area (Å²) in [6.07, 6.45) is 3.78. The number of esters is 2. The number of ether oxygens (including phenoxy) is 5. The van der Waals surface area contributed by atoms with Crippen LogP contribution in [0.3, 0.4) is 0 Å². The summed E-state index contributed by atoms with van der Waals surface area (Å²) in [5.74, 6) is -0.105. The highest BCUT2D eigenvalue weighted by Gasteiger charge is 2.31. The Balaban J connectivity index is 1.49. The Morgan fingerprint density at radius 1 is 1.19 bits per heavy atom. The molecule has 3 rings (SSSR count). The Morgan fingerprint density at radius 2 is 2.03 bits per heavy atom. The van der Waals surface area contributed by atoms with Crippen molar-refractivity contribution >= 4 is 11.9 Å². The van der Waals surface area contributed by atoms with E-state index in [0.717, 1.165) is 17.0 Å². The van der Waals surface area contributed by atoms with Crippen molar-refractivity contribution in [2.24, 2.45) is 0 Å². The van der Waals surface area contributed by atoms with Gasteiger partial charge in [-0.05, 0) is 29.8 Å². The van der Waals surface area contributed by atoms with Gasteiger partial charge in [0.1, 0.15) is 24.6 Å². The summed E-state index contributed by atoms with van der Waals surface area (Å²) in [4.78, 5) is 22.4. The molecule has 0 spiro atoms. The van der Waals surface area contributed by atoms with Gasteiger partial charge >= 0.3 is 11.9 Å². The minimum Gasteiger partial charge on any atom is -0.497 e. The molecular weight excluding hydrogens is 418 g/mol. The number of benzene rings is 1. The van der Waals surface area contributed by atoms with Crippen molar-refractivity contribution < 1.29 is 33.3 Å². The Labute approximate surface area is 186 Å². The first kappa shape index (κ1) is 23.4. The average molecular weight is 445 g/mol. The van der Waals surface area contributed by atoms with Crippen molar-refractivity contribution in [3.8, 4) is 5.75 Å².